The van der Waals surface area contributed by atoms with Crippen LogP contribution in [0.25, 0.3) is 0 Å². The highest BCUT2D eigenvalue weighted by molar-refractivity contribution is 7.99. The van der Waals surface area contributed by atoms with Crippen LogP contribution in [0.1, 0.15) is 0 Å². The lowest BCUT2D eigenvalue weighted by Crippen LogP contribution is -1.96. The van der Waals surface area contributed by atoms with Crippen LogP contribution in [0.4, 0.5) is 11.6 Å². The van der Waals surface area contributed by atoms with Gasteiger partial charge in [-0.2, -0.15) is 0 Å². The fourth-order valence-electron chi connectivity index (χ4n) is 1.43. The molecule has 3 heterocycles. The molecule has 0 unspecified atom stereocenters. The van der Waals surface area contributed by atoms with Crippen molar-refractivity contribution >= 4 is 82.0 Å². The van der Waals surface area contributed by atoms with Gasteiger partial charge in [-0.1, -0.05) is 70.4 Å². The maximum absolute atomic E-state index is 6.00. The molecule has 13 heteroatoms. The zero-order valence-electron chi connectivity index (χ0n) is 12.6. The molecule has 7 nitrogen and oxygen atoms in total. The summed E-state index contributed by atoms with van der Waals surface area (Å²) in [5.41, 5.74) is 11.0. The minimum Gasteiger partial charge on any atom is -0.381 e. The van der Waals surface area contributed by atoms with E-state index in [1.54, 1.807) is 12.3 Å². The summed E-state index contributed by atoms with van der Waals surface area (Å²) in [6.45, 7) is 0. The smallest absolute Gasteiger partial charge is 0.160 e. The molecule has 0 bridgehead atoms. The second-order valence-corrected chi connectivity index (χ2v) is 7.29. The molecule has 3 aromatic heterocycles. The Balaban J connectivity index is 0.000000228. The van der Waals surface area contributed by atoms with Crippen LogP contribution in [0.3, 0.4) is 0 Å². The van der Waals surface area contributed by atoms with E-state index in [9.17, 15) is 0 Å². The van der Waals surface area contributed by atoms with Crippen molar-refractivity contribution < 1.29 is 0 Å². The van der Waals surface area contributed by atoms with Crippen LogP contribution in [-0.4, -0.2) is 24.9 Å². The number of nitrogen functional groups attached to an aromatic ring is 2. The van der Waals surface area contributed by atoms with Crippen LogP contribution in [-0.2, 0) is 0 Å². The molecule has 26 heavy (non-hydrogen) atoms. The number of halogens is 4. The van der Waals surface area contributed by atoms with Crippen molar-refractivity contribution in [3.05, 3.63) is 49.8 Å². The Morgan fingerprint density at radius 2 is 1.69 bits per heavy atom. The lowest BCUT2D eigenvalue weighted by molar-refractivity contribution is 1.07. The molecule has 0 saturated carbocycles. The van der Waals surface area contributed by atoms with Crippen molar-refractivity contribution in [1.82, 2.24) is 24.9 Å². The molecule has 0 fully saturated rings. The zero-order valence-corrected chi connectivity index (χ0v) is 17.2. The van der Waals surface area contributed by atoms with Gasteiger partial charge < -0.3 is 16.5 Å². The molecule has 0 aliphatic carbocycles. The predicted molar refractivity (Wildman–Crippen MR) is 109 cm³/mol. The number of pyridine rings is 1. The van der Waals surface area contributed by atoms with Crippen molar-refractivity contribution in [2.45, 2.75) is 9.92 Å². The first-order valence-electron chi connectivity index (χ1n) is 6.54. The Labute approximate surface area is 177 Å². The number of hydrogen-bond donors (Lipinski definition) is 3. The van der Waals surface area contributed by atoms with Gasteiger partial charge in [0.25, 0.3) is 0 Å². The first-order chi connectivity index (χ1) is 12.3. The van der Waals surface area contributed by atoms with Crippen molar-refractivity contribution in [3.8, 4) is 0 Å². The Bertz CT molecular complexity index is 983. The maximum Gasteiger partial charge on any atom is 0.160 e. The Hall–Kier alpha value is -1.36. The van der Waals surface area contributed by atoms with E-state index in [4.69, 9.17) is 70.1 Å². The van der Waals surface area contributed by atoms with E-state index in [0.717, 1.165) is 0 Å². The highest BCUT2D eigenvalue weighted by atomic mass is 35.5. The second kappa shape index (κ2) is 9.54. The summed E-state index contributed by atoms with van der Waals surface area (Å²) in [5, 5.41) is 1.66. The van der Waals surface area contributed by atoms with E-state index in [1.807, 2.05) is 0 Å². The summed E-state index contributed by atoms with van der Waals surface area (Å²) in [6, 6.07) is 1.72. The first-order valence-corrected chi connectivity index (χ1v) is 9.28. The summed E-state index contributed by atoms with van der Waals surface area (Å²) in [4.78, 5) is 18.9. The molecule has 0 spiro atoms. The van der Waals surface area contributed by atoms with Crippen LogP contribution < -0.4 is 11.5 Å². The number of nitrogens with two attached hydrogens (primary N) is 2. The molecule has 0 radical (unpaired) electrons. The molecule has 5 N–H and O–H groups in total. The summed E-state index contributed by atoms with van der Waals surface area (Å²) >= 11 is 28.9. The lowest BCUT2D eigenvalue weighted by atomic mass is 10.5. The van der Waals surface area contributed by atoms with Gasteiger partial charge in [0.1, 0.15) is 25.1 Å². The van der Waals surface area contributed by atoms with E-state index < -0.39 is 0 Å². The van der Waals surface area contributed by atoms with Gasteiger partial charge in [0.15, 0.2) is 11.6 Å². The molecule has 0 aromatic carbocycles. The maximum atomic E-state index is 6.00. The average molecular weight is 469 g/mol. The van der Waals surface area contributed by atoms with Gasteiger partial charge in [0.05, 0.1) is 11.2 Å². The molecule has 0 aliphatic heterocycles. The number of rotatable bonds is 2. The quantitative estimate of drug-likeness (QED) is 0.357. The van der Waals surface area contributed by atoms with Gasteiger partial charge in [-0.3, -0.25) is 0 Å². The molecule has 0 aliphatic rings. The second-order valence-electron chi connectivity index (χ2n) is 4.34. The number of aromatic nitrogens is 5. The average Bonchev–Trinajstić information content (AvgIpc) is 2.58. The van der Waals surface area contributed by atoms with Crippen molar-refractivity contribution in [2.24, 2.45) is 0 Å². The van der Waals surface area contributed by atoms with Gasteiger partial charge in [-0.05, 0) is 6.07 Å². The van der Waals surface area contributed by atoms with E-state index in [-0.39, 0.29) is 21.9 Å². The minimum atomic E-state index is 0.233. The Kier molecular flexibility index (Phi) is 7.69. The minimum absolute atomic E-state index is 0.233. The molecule has 3 rings (SSSR count). The summed E-state index contributed by atoms with van der Waals surface area (Å²) in [5.74, 6) is 0.504. The van der Waals surface area contributed by atoms with Gasteiger partial charge in [-0.25, -0.2) is 19.9 Å². The van der Waals surface area contributed by atoms with Crippen molar-refractivity contribution in [2.75, 3.05) is 11.5 Å². The molecular formula is C13H9Cl4N7S2. The van der Waals surface area contributed by atoms with E-state index in [2.05, 4.69) is 24.9 Å². The summed E-state index contributed by atoms with van der Waals surface area (Å²) in [7, 11) is 0. The Morgan fingerprint density at radius 3 is 2.31 bits per heavy atom. The number of H-pyrrole nitrogens is 1. The molecule has 136 valence electrons. The topological polar surface area (TPSA) is 119 Å². The first kappa shape index (κ1) is 20.9. The molecular weight excluding hydrogens is 460 g/mol. The summed E-state index contributed by atoms with van der Waals surface area (Å²) < 4.78 is 0.416. The van der Waals surface area contributed by atoms with Crippen LogP contribution >= 0.6 is 70.4 Å². The van der Waals surface area contributed by atoms with E-state index in [1.165, 1.54) is 24.2 Å². The molecule has 0 amide bonds. The standard InChI is InChI=1S/C9H5Cl3N4S.C4H4ClN3S/c10-5-3-15-9(8(13)16-5)17-4-1-2-14-7(12)6(4)11;5-2-1-7-4(9)3(6)8-2/h1-3H,(H2,13,16);1H,(H2,6,8)(H,7,9). The number of aromatic amines is 1. The van der Waals surface area contributed by atoms with Crippen LogP contribution in [0.2, 0.25) is 20.5 Å². The van der Waals surface area contributed by atoms with Gasteiger partial charge in [0.2, 0.25) is 0 Å². The Morgan fingerprint density at radius 1 is 1.00 bits per heavy atom. The fraction of sp³-hybridized carbons (Fsp3) is 0. The van der Waals surface area contributed by atoms with Gasteiger partial charge in [-0.15, -0.1) is 0 Å². The van der Waals surface area contributed by atoms with Gasteiger partial charge in [0, 0.05) is 17.3 Å². The van der Waals surface area contributed by atoms with Crippen molar-refractivity contribution in [1.29, 1.82) is 0 Å². The predicted octanol–water partition coefficient (Wildman–Crippen LogP) is 4.94. The normalized spacial score (nSPS) is 10.2. The number of anilines is 2. The summed E-state index contributed by atoms with van der Waals surface area (Å²) in [6.07, 6.45) is 4.45. The van der Waals surface area contributed by atoms with Crippen LogP contribution in [0.15, 0.2) is 34.6 Å². The zero-order chi connectivity index (χ0) is 19.3. The van der Waals surface area contributed by atoms with Crippen LogP contribution in [0.5, 0.6) is 0 Å². The molecule has 0 atom stereocenters. The third kappa shape index (κ3) is 5.83. The number of hydrogen-bond acceptors (Lipinski definition) is 8. The van der Waals surface area contributed by atoms with Gasteiger partial charge >= 0.3 is 0 Å². The van der Waals surface area contributed by atoms with Crippen LogP contribution in [0, 0.1) is 4.64 Å². The lowest BCUT2D eigenvalue weighted by Gasteiger charge is -2.05. The van der Waals surface area contributed by atoms with Crippen molar-refractivity contribution in [3.63, 3.8) is 0 Å². The van der Waals surface area contributed by atoms with E-state index in [0.29, 0.717) is 24.7 Å². The highest BCUT2D eigenvalue weighted by Crippen LogP contribution is 2.36. The molecule has 3 aromatic rings. The number of nitrogens with one attached hydrogen (secondary N) is 1. The third-order valence-electron chi connectivity index (χ3n) is 2.53. The van der Waals surface area contributed by atoms with E-state index >= 15 is 0 Å². The monoisotopic (exact) mass is 467 g/mol. The molecule has 0 saturated heterocycles. The third-order valence-corrected chi connectivity index (χ3v) is 5.18. The SMILES string of the molecule is Nc1nc(Cl)c[nH]c1=S.Nc1nc(Cl)cnc1Sc1ccnc(Cl)c1Cl. The number of nitrogens with zero attached hydrogens (tertiary/aromatic N) is 4. The largest absolute Gasteiger partial charge is 0.381 e. The highest BCUT2D eigenvalue weighted by Gasteiger charge is 2.11. The fourth-order valence-corrected chi connectivity index (χ4v) is 3.04.